The predicted octanol–water partition coefficient (Wildman–Crippen LogP) is 2.60. The summed E-state index contributed by atoms with van der Waals surface area (Å²) >= 11 is 2.60. The van der Waals surface area contributed by atoms with Crippen LogP contribution >= 0.6 is 23.4 Å². The first kappa shape index (κ1) is 10.9. The van der Waals surface area contributed by atoms with Crippen LogP contribution < -0.4 is 0 Å². The Morgan fingerprint density at radius 2 is 2.31 bits per heavy atom. The average Bonchev–Trinajstić information content (AvgIpc) is 2.51. The van der Waals surface area contributed by atoms with Crippen LogP contribution in [0.15, 0.2) is 4.34 Å². The molecule has 1 rings (SSSR count). The van der Waals surface area contributed by atoms with E-state index in [0.717, 1.165) is 34.2 Å². The summed E-state index contributed by atoms with van der Waals surface area (Å²) in [5.41, 5.74) is 0. The summed E-state index contributed by atoms with van der Waals surface area (Å²) in [7, 11) is 0. The predicted molar refractivity (Wildman–Crippen MR) is 52.4 cm³/mol. The first-order valence-electron chi connectivity index (χ1n) is 4.09. The fourth-order valence-electron chi connectivity index (χ4n) is 0.603. The number of hydrogen-bond donors (Lipinski definition) is 0. The lowest BCUT2D eigenvalue weighted by atomic mass is 10.4. The third-order valence-electron chi connectivity index (χ3n) is 1.24. The normalized spacial score (nSPS) is 10.6. The summed E-state index contributed by atoms with van der Waals surface area (Å²) in [5, 5.41) is 8.63. The van der Waals surface area contributed by atoms with Gasteiger partial charge in [0.15, 0.2) is 0 Å². The lowest BCUT2D eigenvalue weighted by Crippen LogP contribution is -1.89. The summed E-state index contributed by atoms with van der Waals surface area (Å²) < 4.78 is 5.63. The van der Waals surface area contributed by atoms with E-state index in [9.17, 15) is 0 Å². The van der Waals surface area contributed by atoms with Gasteiger partial charge in [0.1, 0.15) is 17.1 Å². The minimum absolute atomic E-state index is 0.626. The molecule has 0 fully saturated rings. The van der Waals surface area contributed by atoms with Gasteiger partial charge in [-0.25, -0.2) is 4.89 Å². The Kier molecular flexibility index (Phi) is 5.29. The van der Waals surface area contributed by atoms with Gasteiger partial charge in [0.05, 0.1) is 6.61 Å². The molecule has 0 aliphatic rings. The van der Waals surface area contributed by atoms with Gasteiger partial charge in [-0.2, -0.15) is 4.33 Å². The van der Waals surface area contributed by atoms with E-state index in [0.29, 0.717) is 6.61 Å². The molecular formula is C7H12N2O2S2. The highest BCUT2D eigenvalue weighted by Gasteiger charge is 2.01. The second-order valence-electron chi connectivity index (χ2n) is 2.41. The molecular weight excluding hydrogens is 208 g/mol. The number of unbranched alkanes of at least 4 members (excludes halogenated alkanes) is 1. The monoisotopic (exact) mass is 220 g/mol. The van der Waals surface area contributed by atoms with Crippen molar-refractivity contribution in [3.05, 3.63) is 5.01 Å². The van der Waals surface area contributed by atoms with Gasteiger partial charge in [0, 0.05) is 0 Å². The van der Waals surface area contributed by atoms with E-state index in [2.05, 4.69) is 17.1 Å². The summed E-state index contributed by atoms with van der Waals surface area (Å²) in [4.78, 5) is 4.89. The standard InChI is InChI=1S/C7H12N2O2S2/c1-3-4-5-10-11-13-7-9-8-6(2)12-7/h3-5H2,1-2H3. The summed E-state index contributed by atoms with van der Waals surface area (Å²) in [6.07, 6.45) is 2.11. The van der Waals surface area contributed by atoms with Crippen LogP contribution in [0.3, 0.4) is 0 Å². The first-order valence-corrected chi connectivity index (χ1v) is 5.65. The zero-order valence-corrected chi connectivity index (χ0v) is 9.28. The molecule has 0 atom stereocenters. The molecule has 0 amide bonds. The molecule has 4 nitrogen and oxygen atoms in total. The summed E-state index contributed by atoms with van der Waals surface area (Å²) in [5.74, 6) is 0. The number of rotatable bonds is 6. The van der Waals surface area contributed by atoms with E-state index >= 15 is 0 Å². The van der Waals surface area contributed by atoms with Crippen molar-refractivity contribution in [1.29, 1.82) is 0 Å². The van der Waals surface area contributed by atoms with E-state index in [1.165, 1.54) is 11.3 Å². The van der Waals surface area contributed by atoms with Gasteiger partial charge in [-0.1, -0.05) is 24.7 Å². The first-order chi connectivity index (χ1) is 6.33. The Morgan fingerprint density at radius 1 is 1.46 bits per heavy atom. The molecule has 0 saturated carbocycles. The molecule has 0 bridgehead atoms. The Morgan fingerprint density at radius 3 is 2.92 bits per heavy atom. The molecule has 0 aliphatic carbocycles. The van der Waals surface area contributed by atoms with Crippen molar-refractivity contribution in [3.63, 3.8) is 0 Å². The fraction of sp³-hybridized carbons (Fsp3) is 0.714. The highest BCUT2D eigenvalue weighted by atomic mass is 32.2. The van der Waals surface area contributed by atoms with Gasteiger partial charge in [0.2, 0.25) is 4.34 Å². The van der Waals surface area contributed by atoms with E-state index < -0.39 is 0 Å². The number of nitrogens with zero attached hydrogens (tertiary/aromatic N) is 2. The van der Waals surface area contributed by atoms with Crippen molar-refractivity contribution in [1.82, 2.24) is 10.2 Å². The van der Waals surface area contributed by atoms with E-state index in [1.54, 1.807) is 0 Å². The van der Waals surface area contributed by atoms with E-state index in [4.69, 9.17) is 9.22 Å². The van der Waals surface area contributed by atoms with Gasteiger partial charge < -0.3 is 0 Å². The zero-order valence-electron chi connectivity index (χ0n) is 7.65. The minimum atomic E-state index is 0.626. The van der Waals surface area contributed by atoms with Crippen LogP contribution in [-0.2, 0) is 9.22 Å². The molecule has 0 aromatic carbocycles. The fourth-order valence-corrected chi connectivity index (χ4v) is 1.85. The van der Waals surface area contributed by atoms with Gasteiger partial charge in [-0.15, -0.1) is 10.2 Å². The van der Waals surface area contributed by atoms with Crippen molar-refractivity contribution in [2.45, 2.75) is 31.0 Å². The quantitative estimate of drug-likeness (QED) is 0.319. The van der Waals surface area contributed by atoms with Crippen LogP contribution in [0.25, 0.3) is 0 Å². The number of aromatic nitrogens is 2. The third-order valence-corrected chi connectivity index (χ3v) is 2.72. The minimum Gasteiger partial charge on any atom is -0.224 e. The molecule has 0 unspecified atom stereocenters. The summed E-state index contributed by atoms with van der Waals surface area (Å²) in [6.45, 7) is 4.63. The Labute approximate surface area is 85.8 Å². The van der Waals surface area contributed by atoms with Gasteiger partial charge >= 0.3 is 0 Å². The van der Waals surface area contributed by atoms with Crippen molar-refractivity contribution >= 4 is 23.4 Å². The number of hydrogen-bond acceptors (Lipinski definition) is 6. The van der Waals surface area contributed by atoms with Crippen LogP contribution in [-0.4, -0.2) is 16.8 Å². The lowest BCUT2D eigenvalue weighted by molar-refractivity contribution is -0.191. The van der Waals surface area contributed by atoms with Crippen LogP contribution in [0.4, 0.5) is 0 Å². The van der Waals surface area contributed by atoms with Crippen LogP contribution in [0.5, 0.6) is 0 Å². The molecule has 1 heterocycles. The maximum atomic E-state index is 4.89. The highest BCUT2D eigenvalue weighted by molar-refractivity contribution is 7.96. The maximum Gasteiger partial charge on any atom is 0.204 e. The second kappa shape index (κ2) is 6.31. The maximum absolute atomic E-state index is 4.89. The van der Waals surface area contributed by atoms with Gasteiger partial charge in [0.25, 0.3) is 0 Å². The van der Waals surface area contributed by atoms with Crippen molar-refractivity contribution < 1.29 is 9.22 Å². The molecule has 0 saturated heterocycles. The van der Waals surface area contributed by atoms with Crippen molar-refractivity contribution in [2.24, 2.45) is 0 Å². The SMILES string of the molecule is CCCCOOSc1nnc(C)s1. The molecule has 13 heavy (non-hydrogen) atoms. The zero-order chi connectivity index (χ0) is 9.52. The molecule has 0 aliphatic heterocycles. The molecule has 6 heteroatoms. The smallest absolute Gasteiger partial charge is 0.204 e. The summed E-state index contributed by atoms with van der Waals surface area (Å²) in [6, 6.07) is 0. The van der Waals surface area contributed by atoms with Gasteiger partial charge in [-0.3, -0.25) is 0 Å². The molecule has 0 spiro atoms. The van der Waals surface area contributed by atoms with Crippen LogP contribution in [0.2, 0.25) is 0 Å². The lowest BCUT2D eigenvalue weighted by Gasteiger charge is -1.97. The average molecular weight is 220 g/mol. The molecule has 0 radical (unpaired) electrons. The highest BCUT2D eigenvalue weighted by Crippen LogP contribution is 2.22. The van der Waals surface area contributed by atoms with Crippen LogP contribution in [0.1, 0.15) is 24.8 Å². The topological polar surface area (TPSA) is 44.2 Å². The Hall–Kier alpha value is -0.170. The van der Waals surface area contributed by atoms with Gasteiger partial charge in [-0.05, 0) is 13.3 Å². The van der Waals surface area contributed by atoms with Crippen molar-refractivity contribution in [2.75, 3.05) is 6.61 Å². The third kappa shape index (κ3) is 4.56. The Balaban J connectivity index is 2.06. The second-order valence-corrected chi connectivity index (χ2v) is 4.54. The van der Waals surface area contributed by atoms with Crippen LogP contribution in [0, 0.1) is 6.92 Å². The Bertz CT molecular complexity index is 242. The molecule has 1 aromatic rings. The van der Waals surface area contributed by atoms with E-state index in [1.807, 2.05) is 6.92 Å². The molecule has 0 N–H and O–H groups in total. The molecule has 74 valence electrons. The van der Waals surface area contributed by atoms with E-state index in [-0.39, 0.29) is 0 Å². The number of aryl methyl sites for hydroxylation is 1. The molecule has 1 aromatic heterocycles. The van der Waals surface area contributed by atoms with Crippen molar-refractivity contribution in [3.8, 4) is 0 Å². The largest absolute Gasteiger partial charge is 0.224 e.